The van der Waals surface area contributed by atoms with Crippen LogP contribution in [-0.4, -0.2) is 36.7 Å². The second-order valence-corrected chi connectivity index (χ2v) is 3.21. The van der Waals surface area contributed by atoms with Crippen molar-refractivity contribution >= 4 is 6.09 Å². The standard InChI is InChI=1S/C9H20N2O2/c1-4-6-11(7-5-10)9(12)13-8(2)3/h8H,4-7,10H2,1-3H3. The first kappa shape index (κ1) is 12.2. The first-order valence-corrected chi connectivity index (χ1v) is 4.77. The first-order valence-electron chi connectivity index (χ1n) is 4.77. The predicted octanol–water partition coefficient (Wildman–Crippen LogP) is 1.20. The topological polar surface area (TPSA) is 55.6 Å². The molecule has 13 heavy (non-hydrogen) atoms. The Bertz CT molecular complexity index is 143. The van der Waals surface area contributed by atoms with Crippen LogP contribution < -0.4 is 5.73 Å². The maximum atomic E-state index is 11.4. The lowest BCUT2D eigenvalue weighted by molar-refractivity contribution is 0.0776. The second kappa shape index (κ2) is 6.71. The number of rotatable bonds is 5. The van der Waals surface area contributed by atoms with Crippen molar-refractivity contribution in [1.82, 2.24) is 4.90 Å². The summed E-state index contributed by atoms with van der Waals surface area (Å²) in [6.45, 7) is 7.45. The highest BCUT2D eigenvalue weighted by Crippen LogP contribution is 1.98. The molecule has 0 radical (unpaired) electrons. The molecule has 1 amide bonds. The third kappa shape index (κ3) is 5.47. The molecule has 4 heteroatoms. The average molecular weight is 188 g/mol. The van der Waals surface area contributed by atoms with Crippen LogP contribution in [0.5, 0.6) is 0 Å². The van der Waals surface area contributed by atoms with Gasteiger partial charge < -0.3 is 15.4 Å². The van der Waals surface area contributed by atoms with E-state index in [1.807, 2.05) is 20.8 Å². The molecule has 0 bridgehead atoms. The van der Waals surface area contributed by atoms with Crippen LogP contribution >= 0.6 is 0 Å². The van der Waals surface area contributed by atoms with Crippen LogP contribution in [-0.2, 0) is 4.74 Å². The normalized spacial score (nSPS) is 10.2. The molecule has 0 aromatic heterocycles. The highest BCUT2D eigenvalue weighted by Gasteiger charge is 2.13. The average Bonchev–Trinajstić information content (AvgIpc) is 2.02. The molecular formula is C9H20N2O2. The van der Waals surface area contributed by atoms with Crippen LogP contribution in [0, 0.1) is 0 Å². The van der Waals surface area contributed by atoms with Gasteiger partial charge in [0.1, 0.15) is 0 Å². The van der Waals surface area contributed by atoms with E-state index in [-0.39, 0.29) is 12.2 Å². The summed E-state index contributed by atoms with van der Waals surface area (Å²) in [6.07, 6.45) is 0.597. The summed E-state index contributed by atoms with van der Waals surface area (Å²) in [6, 6.07) is 0. The summed E-state index contributed by atoms with van der Waals surface area (Å²) in [5, 5.41) is 0. The van der Waals surface area contributed by atoms with Gasteiger partial charge in [-0.2, -0.15) is 0 Å². The number of amides is 1. The predicted molar refractivity (Wildman–Crippen MR) is 52.5 cm³/mol. The van der Waals surface area contributed by atoms with Crippen LogP contribution in [0.2, 0.25) is 0 Å². The molecule has 0 saturated heterocycles. The van der Waals surface area contributed by atoms with E-state index in [0.29, 0.717) is 19.6 Å². The number of hydrogen-bond donors (Lipinski definition) is 1. The fourth-order valence-electron chi connectivity index (χ4n) is 0.996. The maximum Gasteiger partial charge on any atom is 0.410 e. The van der Waals surface area contributed by atoms with Gasteiger partial charge in [-0.05, 0) is 20.3 Å². The van der Waals surface area contributed by atoms with E-state index < -0.39 is 0 Å². The van der Waals surface area contributed by atoms with Crippen LogP contribution in [0.1, 0.15) is 27.2 Å². The number of carbonyl (C=O) groups excluding carboxylic acids is 1. The zero-order valence-electron chi connectivity index (χ0n) is 8.75. The number of ether oxygens (including phenoxy) is 1. The van der Waals surface area contributed by atoms with Crippen molar-refractivity contribution in [3.8, 4) is 0 Å². The van der Waals surface area contributed by atoms with Gasteiger partial charge in [-0.1, -0.05) is 6.92 Å². The molecule has 0 atom stereocenters. The highest BCUT2D eigenvalue weighted by molar-refractivity contribution is 5.67. The summed E-state index contributed by atoms with van der Waals surface area (Å²) < 4.78 is 5.05. The Kier molecular flexibility index (Phi) is 6.32. The van der Waals surface area contributed by atoms with Crippen molar-refractivity contribution in [2.24, 2.45) is 5.73 Å². The molecule has 0 aromatic carbocycles. The molecule has 0 heterocycles. The third-order valence-corrected chi connectivity index (χ3v) is 1.49. The molecule has 0 aliphatic heterocycles. The van der Waals surface area contributed by atoms with E-state index in [9.17, 15) is 4.79 Å². The van der Waals surface area contributed by atoms with E-state index in [1.54, 1.807) is 4.90 Å². The zero-order chi connectivity index (χ0) is 10.3. The molecular weight excluding hydrogens is 168 g/mol. The molecule has 0 aliphatic rings. The Labute approximate surface area is 80.0 Å². The Morgan fingerprint density at radius 3 is 2.46 bits per heavy atom. The minimum atomic E-state index is -0.262. The summed E-state index contributed by atoms with van der Waals surface area (Å²) in [7, 11) is 0. The van der Waals surface area contributed by atoms with Gasteiger partial charge in [0, 0.05) is 19.6 Å². The highest BCUT2D eigenvalue weighted by atomic mass is 16.6. The van der Waals surface area contributed by atoms with E-state index in [2.05, 4.69) is 0 Å². The summed E-state index contributed by atoms with van der Waals surface area (Å²) in [4.78, 5) is 13.0. The Balaban J connectivity index is 3.95. The van der Waals surface area contributed by atoms with Crippen molar-refractivity contribution in [2.75, 3.05) is 19.6 Å². The fourth-order valence-corrected chi connectivity index (χ4v) is 0.996. The van der Waals surface area contributed by atoms with E-state index in [0.717, 1.165) is 6.42 Å². The fraction of sp³-hybridized carbons (Fsp3) is 0.889. The van der Waals surface area contributed by atoms with Gasteiger partial charge in [0.05, 0.1) is 6.10 Å². The lowest BCUT2D eigenvalue weighted by Gasteiger charge is -2.21. The third-order valence-electron chi connectivity index (χ3n) is 1.49. The summed E-state index contributed by atoms with van der Waals surface area (Å²) in [5.74, 6) is 0. The van der Waals surface area contributed by atoms with Crippen LogP contribution in [0.4, 0.5) is 4.79 Å². The van der Waals surface area contributed by atoms with Gasteiger partial charge in [0.15, 0.2) is 0 Å². The maximum absolute atomic E-state index is 11.4. The minimum absolute atomic E-state index is 0.0652. The largest absolute Gasteiger partial charge is 0.447 e. The Morgan fingerprint density at radius 1 is 1.46 bits per heavy atom. The molecule has 0 aliphatic carbocycles. The number of nitrogens with zero attached hydrogens (tertiary/aromatic N) is 1. The molecule has 0 spiro atoms. The van der Waals surface area contributed by atoms with Crippen molar-refractivity contribution in [2.45, 2.75) is 33.3 Å². The number of hydrogen-bond acceptors (Lipinski definition) is 3. The van der Waals surface area contributed by atoms with E-state index >= 15 is 0 Å². The van der Waals surface area contributed by atoms with Crippen LogP contribution in [0.3, 0.4) is 0 Å². The molecule has 4 nitrogen and oxygen atoms in total. The lowest BCUT2D eigenvalue weighted by atomic mass is 10.4. The smallest absolute Gasteiger partial charge is 0.410 e. The Morgan fingerprint density at radius 2 is 2.08 bits per heavy atom. The zero-order valence-corrected chi connectivity index (χ0v) is 8.75. The molecule has 0 rings (SSSR count). The van der Waals surface area contributed by atoms with Gasteiger partial charge >= 0.3 is 6.09 Å². The molecule has 78 valence electrons. The van der Waals surface area contributed by atoms with E-state index in [4.69, 9.17) is 10.5 Å². The van der Waals surface area contributed by atoms with E-state index in [1.165, 1.54) is 0 Å². The van der Waals surface area contributed by atoms with Gasteiger partial charge in [0.25, 0.3) is 0 Å². The van der Waals surface area contributed by atoms with Crippen LogP contribution in [0.25, 0.3) is 0 Å². The van der Waals surface area contributed by atoms with Crippen molar-refractivity contribution in [3.63, 3.8) is 0 Å². The van der Waals surface area contributed by atoms with Crippen molar-refractivity contribution < 1.29 is 9.53 Å². The van der Waals surface area contributed by atoms with Gasteiger partial charge in [-0.25, -0.2) is 4.79 Å². The first-order chi connectivity index (χ1) is 6.11. The SMILES string of the molecule is CCCN(CCN)C(=O)OC(C)C. The molecule has 0 unspecified atom stereocenters. The lowest BCUT2D eigenvalue weighted by Crippen LogP contribution is -2.37. The monoisotopic (exact) mass is 188 g/mol. The van der Waals surface area contributed by atoms with Crippen LogP contribution in [0.15, 0.2) is 0 Å². The van der Waals surface area contributed by atoms with Crippen molar-refractivity contribution in [1.29, 1.82) is 0 Å². The quantitative estimate of drug-likeness (QED) is 0.705. The van der Waals surface area contributed by atoms with Gasteiger partial charge in [-0.3, -0.25) is 0 Å². The summed E-state index contributed by atoms with van der Waals surface area (Å²) >= 11 is 0. The molecule has 0 aromatic rings. The number of carbonyl (C=O) groups is 1. The van der Waals surface area contributed by atoms with Gasteiger partial charge in [0.2, 0.25) is 0 Å². The second-order valence-electron chi connectivity index (χ2n) is 3.21. The molecule has 0 fully saturated rings. The number of nitrogens with two attached hydrogens (primary N) is 1. The summed E-state index contributed by atoms with van der Waals surface area (Å²) in [5.41, 5.74) is 5.38. The molecule has 2 N–H and O–H groups in total. The minimum Gasteiger partial charge on any atom is -0.447 e. The van der Waals surface area contributed by atoms with Crippen molar-refractivity contribution in [3.05, 3.63) is 0 Å². The Hall–Kier alpha value is -0.770. The van der Waals surface area contributed by atoms with Gasteiger partial charge in [-0.15, -0.1) is 0 Å². The molecule has 0 saturated carbocycles.